The highest BCUT2D eigenvalue weighted by molar-refractivity contribution is 7.99. The molecule has 0 nitrogen and oxygen atoms in total. The zero-order chi connectivity index (χ0) is 11.8. The number of fused-ring (bicyclic) bond motifs is 1. The summed E-state index contributed by atoms with van der Waals surface area (Å²) in [5.74, 6) is 7.45. The average Bonchev–Trinajstić information content (AvgIpc) is 2.65. The van der Waals surface area contributed by atoms with Crippen LogP contribution in [-0.4, -0.2) is 23.0 Å². The van der Waals surface area contributed by atoms with Crippen molar-refractivity contribution < 1.29 is 0 Å². The quantitative estimate of drug-likeness (QED) is 0.625. The van der Waals surface area contributed by atoms with E-state index in [1.165, 1.54) is 35.9 Å². The summed E-state index contributed by atoms with van der Waals surface area (Å²) in [5, 5.41) is 0. The molecule has 2 atom stereocenters. The summed E-state index contributed by atoms with van der Waals surface area (Å²) in [6.07, 6.45) is 2.85. The summed E-state index contributed by atoms with van der Waals surface area (Å²) in [5.41, 5.74) is 1.11. The highest BCUT2D eigenvalue weighted by Gasteiger charge is 2.45. The van der Waals surface area contributed by atoms with Crippen molar-refractivity contribution in [2.24, 2.45) is 22.7 Å². The van der Waals surface area contributed by atoms with Crippen molar-refractivity contribution in [3.63, 3.8) is 0 Å². The molecule has 2 heteroatoms. The lowest BCUT2D eigenvalue weighted by molar-refractivity contribution is 0.0988. The van der Waals surface area contributed by atoms with Gasteiger partial charge in [-0.15, -0.1) is 0 Å². The Morgan fingerprint density at radius 2 is 1.50 bits per heavy atom. The summed E-state index contributed by atoms with van der Waals surface area (Å²) in [4.78, 5) is 0. The van der Waals surface area contributed by atoms with E-state index >= 15 is 0 Å². The van der Waals surface area contributed by atoms with Crippen LogP contribution in [0.25, 0.3) is 0 Å². The predicted octanol–water partition coefficient (Wildman–Crippen LogP) is 4.55. The van der Waals surface area contributed by atoms with Gasteiger partial charge in [-0.3, -0.25) is 0 Å². The molecule has 0 aromatic carbocycles. The van der Waals surface area contributed by atoms with Gasteiger partial charge < -0.3 is 0 Å². The lowest BCUT2D eigenvalue weighted by Crippen LogP contribution is -2.38. The van der Waals surface area contributed by atoms with E-state index in [0.717, 1.165) is 11.8 Å². The minimum atomic E-state index is 0.542. The first kappa shape index (κ1) is 13.1. The Bertz CT molecular complexity index is 221. The molecule has 2 heterocycles. The smallest absolute Gasteiger partial charge is 0.00130 e. The minimum absolute atomic E-state index is 0.542. The molecule has 2 unspecified atom stereocenters. The van der Waals surface area contributed by atoms with Crippen LogP contribution in [0.4, 0.5) is 0 Å². The summed E-state index contributed by atoms with van der Waals surface area (Å²) in [7, 11) is 0. The Balaban J connectivity index is 2.23. The van der Waals surface area contributed by atoms with Crippen LogP contribution in [0.2, 0.25) is 0 Å². The van der Waals surface area contributed by atoms with Crippen LogP contribution >= 0.6 is 23.5 Å². The summed E-state index contributed by atoms with van der Waals surface area (Å²) >= 11 is 4.39. The third kappa shape index (κ3) is 2.58. The molecule has 0 aromatic heterocycles. The van der Waals surface area contributed by atoms with Crippen LogP contribution in [0, 0.1) is 22.7 Å². The summed E-state index contributed by atoms with van der Waals surface area (Å²) in [6, 6.07) is 0. The second-order valence-corrected chi connectivity index (χ2v) is 9.06. The molecule has 0 radical (unpaired) electrons. The molecule has 0 bridgehead atoms. The molecule has 2 aliphatic heterocycles. The average molecular weight is 258 g/mol. The first-order valence-electron chi connectivity index (χ1n) is 6.59. The predicted molar refractivity (Wildman–Crippen MR) is 78.4 cm³/mol. The van der Waals surface area contributed by atoms with E-state index in [2.05, 4.69) is 51.2 Å². The molecule has 0 N–H and O–H groups in total. The van der Waals surface area contributed by atoms with Crippen LogP contribution in [0.3, 0.4) is 0 Å². The molecule has 2 fully saturated rings. The third-order valence-corrected chi connectivity index (χ3v) is 7.39. The van der Waals surface area contributed by atoms with Gasteiger partial charge in [0.1, 0.15) is 0 Å². The number of hydrogen-bond donors (Lipinski definition) is 0. The van der Waals surface area contributed by atoms with Crippen molar-refractivity contribution in [2.45, 2.75) is 40.5 Å². The van der Waals surface area contributed by atoms with Gasteiger partial charge in [-0.2, -0.15) is 23.5 Å². The van der Waals surface area contributed by atoms with Crippen molar-refractivity contribution in [2.75, 3.05) is 23.0 Å². The molecular weight excluding hydrogens is 232 g/mol. The Kier molecular flexibility index (Phi) is 3.91. The molecule has 0 spiro atoms. The minimum Gasteiger partial charge on any atom is -0.161 e. The second-order valence-electron chi connectivity index (χ2n) is 6.88. The molecule has 0 saturated carbocycles. The zero-order valence-electron chi connectivity index (χ0n) is 11.2. The van der Waals surface area contributed by atoms with Gasteiger partial charge in [0.15, 0.2) is 0 Å². The normalized spacial score (nSPS) is 38.2. The van der Waals surface area contributed by atoms with Crippen molar-refractivity contribution in [1.82, 2.24) is 0 Å². The van der Waals surface area contributed by atoms with E-state index in [4.69, 9.17) is 0 Å². The summed E-state index contributed by atoms with van der Waals surface area (Å²) < 4.78 is 0. The van der Waals surface area contributed by atoms with E-state index < -0.39 is 0 Å². The Morgan fingerprint density at radius 1 is 0.875 bits per heavy atom. The highest BCUT2D eigenvalue weighted by Crippen LogP contribution is 2.52. The van der Waals surface area contributed by atoms with Gasteiger partial charge in [-0.05, 0) is 58.5 Å². The van der Waals surface area contributed by atoms with Gasteiger partial charge in [0.05, 0.1) is 0 Å². The number of hydrogen-bond acceptors (Lipinski definition) is 2. The molecule has 94 valence electrons. The lowest BCUT2D eigenvalue weighted by Gasteiger charge is -2.41. The monoisotopic (exact) mass is 258 g/mol. The molecule has 0 aliphatic carbocycles. The van der Waals surface area contributed by atoms with Gasteiger partial charge >= 0.3 is 0 Å². The Labute approximate surface area is 110 Å². The Hall–Kier alpha value is 0.700. The SMILES string of the molecule is CC1(C)CCCSCC(C)(C)C2CSCC21. The standard InChI is InChI=1S/C14H26S2/c1-13(2)6-5-7-15-10-14(3,4)12-9-16-8-11(12)13/h11-12H,5-10H2,1-4H3. The topological polar surface area (TPSA) is 0 Å². The Morgan fingerprint density at radius 3 is 2.19 bits per heavy atom. The van der Waals surface area contributed by atoms with E-state index in [1.807, 2.05) is 0 Å². The molecule has 0 aromatic rings. The molecule has 2 aliphatic rings. The molecule has 0 amide bonds. The van der Waals surface area contributed by atoms with Gasteiger partial charge in [-0.1, -0.05) is 27.7 Å². The van der Waals surface area contributed by atoms with Gasteiger partial charge in [-0.25, -0.2) is 0 Å². The first-order valence-corrected chi connectivity index (χ1v) is 8.90. The van der Waals surface area contributed by atoms with Crippen LogP contribution in [0.15, 0.2) is 0 Å². The fourth-order valence-corrected chi connectivity index (χ4v) is 6.60. The van der Waals surface area contributed by atoms with Crippen LogP contribution in [0.5, 0.6) is 0 Å². The van der Waals surface area contributed by atoms with Gasteiger partial charge in [0, 0.05) is 0 Å². The number of rotatable bonds is 0. The van der Waals surface area contributed by atoms with Crippen molar-refractivity contribution in [3.05, 3.63) is 0 Å². The maximum Gasteiger partial charge on any atom is -0.00130 e. The van der Waals surface area contributed by atoms with Crippen LogP contribution in [-0.2, 0) is 0 Å². The van der Waals surface area contributed by atoms with Gasteiger partial charge in [0.2, 0.25) is 0 Å². The largest absolute Gasteiger partial charge is 0.161 e. The second kappa shape index (κ2) is 4.76. The van der Waals surface area contributed by atoms with Crippen LogP contribution in [0.1, 0.15) is 40.5 Å². The fourth-order valence-electron chi connectivity index (χ4n) is 3.35. The maximum absolute atomic E-state index is 2.52. The zero-order valence-corrected chi connectivity index (χ0v) is 12.8. The van der Waals surface area contributed by atoms with Crippen molar-refractivity contribution in [1.29, 1.82) is 0 Å². The third-order valence-electron chi connectivity index (χ3n) is 4.67. The lowest BCUT2D eigenvalue weighted by atomic mass is 9.64. The molecule has 2 rings (SSSR count). The number of thioether (sulfide) groups is 2. The molecule has 2 saturated heterocycles. The van der Waals surface area contributed by atoms with Crippen LogP contribution < -0.4 is 0 Å². The van der Waals surface area contributed by atoms with E-state index in [0.29, 0.717) is 10.8 Å². The van der Waals surface area contributed by atoms with Crippen molar-refractivity contribution in [3.8, 4) is 0 Å². The van der Waals surface area contributed by atoms with Crippen molar-refractivity contribution >= 4 is 23.5 Å². The first-order chi connectivity index (χ1) is 7.43. The van der Waals surface area contributed by atoms with E-state index in [1.54, 1.807) is 0 Å². The molecular formula is C14H26S2. The fraction of sp³-hybridized carbons (Fsp3) is 1.00. The molecule has 16 heavy (non-hydrogen) atoms. The maximum atomic E-state index is 2.52. The van der Waals surface area contributed by atoms with E-state index in [-0.39, 0.29) is 0 Å². The van der Waals surface area contributed by atoms with Gasteiger partial charge in [0.25, 0.3) is 0 Å². The highest BCUT2D eigenvalue weighted by atomic mass is 32.2. The summed E-state index contributed by atoms with van der Waals surface area (Å²) in [6.45, 7) is 10.0. The van der Waals surface area contributed by atoms with E-state index in [9.17, 15) is 0 Å².